The van der Waals surface area contributed by atoms with Crippen molar-refractivity contribution in [1.82, 2.24) is 10.2 Å². The summed E-state index contributed by atoms with van der Waals surface area (Å²) in [7, 11) is 0. The molecular weight excluding hydrogens is 292 g/mol. The second-order valence-corrected chi connectivity index (χ2v) is 8.24. The van der Waals surface area contributed by atoms with Crippen molar-refractivity contribution in [2.45, 2.75) is 90.0 Å². The number of nitrogens with one attached hydrogen (secondary N) is 1. The third kappa shape index (κ3) is 5.64. The number of ether oxygens (including phenoxy) is 1. The molecule has 1 aliphatic carbocycles. The summed E-state index contributed by atoms with van der Waals surface area (Å²) in [6, 6.07) is 0.508. The van der Waals surface area contributed by atoms with Crippen LogP contribution in [0.5, 0.6) is 0 Å². The normalized spacial score (nSPS) is 30.8. The van der Waals surface area contributed by atoms with Gasteiger partial charge >= 0.3 is 6.09 Å². The standard InChI is InChI=1S/C18H34N2O3/c1-13(19-15-9-5-6-10-16(15)21)14-8-7-11-20(12-14)17(22)23-18(2,3)4/h13-16,19,21H,5-12H2,1-4H3. The number of aliphatic hydroxyl groups is 1. The number of hydrogen-bond donors (Lipinski definition) is 2. The van der Waals surface area contributed by atoms with Gasteiger partial charge in [-0.1, -0.05) is 12.8 Å². The van der Waals surface area contributed by atoms with E-state index in [1.807, 2.05) is 25.7 Å². The number of hydrogen-bond acceptors (Lipinski definition) is 4. The molecule has 0 aromatic rings. The minimum Gasteiger partial charge on any atom is -0.444 e. The highest BCUT2D eigenvalue weighted by molar-refractivity contribution is 5.68. The molecule has 2 rings (SSSR count). The summed E-state index contributed by atoms with van der Waals surface area (Å²) in [6.07, 6.45) is 5.98. The summed E-state index contributed by atoms with van der Waals surface area (Å²) in [4.78, 5) is 14.1. The first-order chi connectivity index (χ1) is 10.8. The zero-order valence-corrected chi connectivity index (χ0v) is 15.2. The first-order valence-electron chi connectivity index (χ1n) is 9.18. The number of piperidine rings is 1. The SMILES string of the molecule is CC(NC1CCCCC1O)C1CCCN(C(=O)OC(C)(C)C)C1. The first-order valence-corrected chi connectivity index (χ1v) is 9.18. The fourth-order valence-corrected chi connectivity index (χ4v) is 3.69. The van der Waals surface area contributed by atoms with Crippen LogP contribution < -0.4 is 5.32 Å². The minimum absolute atomic E-state index is 0.202. The molecule has 134 valence electrons. The molecule has 5 nitrogen and oxygen atoms in total. The molecule has 0 radical (unpaired) electrons. The van der Waals surface area contributed by atoms with Gasteiger partial charge in [-0.15, -0.1) is 0 Å². The monoisotopic (exact) mass is 326 g/mol. The summed E-state index contributed by atoms with van der Waals surface area (Å²) in [6.45, 7) is 9.42. The Morgan fingerprint density at radius 1 is 1.22 bits per heavy atom. The minimum atomic E-state index is -0.444. The maximum absolute atomic E-state index is 12.3. The highest BCUT2D eigenvalue weighted by Crippen LogP contribution is 2.24. The Balaban J connectivity index is 1.86. The van der Waals surface area contributed by atoms with Gasteiger partial charge in [0.25, 0.3) is 0 Å². The van der Waals surface area contributed by atoms with Gasteiger partial charge in [0.2, 0.25) is 0 Å². The van der Waals surface area contributed by atoms with Crippen LogP contribution >= 0.6 is 0 Å². The van der Waals surface area contributed by atoms with Crippen molar-refractivity contribution < 1.29 is 14.6 Å². The van der Waals surface area contributed by atoms with Gasteiger partial charge in [0, 0.05) is 25.2 Å². The van der Waals surface area contributed by atoms with Crippen LogP contribution in [-0.2, 0) is 4.74 Å². The van der Waals surface area contributed by atoms with Crippen LogP contribution in [0.2, 0.25) is 0 Å². The lowest BCUT2D eigenvalue weighted by molar-refractivity contribution is 0.0131. The molecular formula is C18H34N2O3. The molecule has 0 spiro atoms. The van der Waals surface area contributed by atoms with Gasteiger partial charge in [0.05, 0.1) is 6.10 Å². The van der Waals surface area contributed by atoms with E-state index in [9.17, 15) is 9.90 Å². The van der Waals surface area contributed by atoms with Crippen molar-refractivity contribution in [2.75, 3.05) is 13.1 Å². The predicted molar refractivity (Wildman–Crippen MR) is 91.4 cm³/mol. The number of likely N-dealkylation sites (tertiary alicyclic amines) is 1. The lowest BCUT2D eigenvalue weighted by atomic mass is 9.88. The second-order valence-electron chi connectivity index (χ2n) is 8.24. The summed E-state index contributed by atoms with van der Waals surface area (Å²) >= 11 is 0. The molecule has 2 aliphatic rings. The van der Waals surface area contributed by atoms with Gasteiger partial charge in [-0.05, 0) is 59.3 Å². The molecule has 23 heavy (non-hydrogen) atoms. The van der Waals surface area contributed by atoms with E-state index >= 15 is 0 Å². The zero-order chi connectivity index (χ0) is 17.0. The first kappa shape index (κ1) is 18.5. The predicted octanol–water partition coefficient (Wildman–Crippen LogP) is 2.92. The van der Waals surface area contributed by atoms with E-state index in [0.717, 1.165) is 45.2 Å². The third-order valence-corrected chi connectivity index (χ3v) is 5.02. The Morgan fingerprint density at radius 2 is 1.91 bits per heavy atom. The molecule has 0 aromatic carbocycles. The summed E-state index contributed by atoms with van der Waals surface area (Å²) in [5, 5.41) is 13.8. The lowest BCUT2D eigenvalue weighted by Crippen LogP contribution is -2.52. The Morgan fingerprint density at radius 3 is 2.57 bits per heavy atom. The molecule has 1 saturated heterocycles. The maximum atomic E-state index is 12.3. The molecule has 1 heterocycles. The van der Waals surface area contributed by atoms with Crippen LogP contribution in [0.15, 0.2) is 0 Å². The van der Waals surface area contributed by atoms with Crippen molar-refractivity contribution in [2.24, 2.45) is 5.92 Å². The summed E-state index contributed by atoms with van der Waals surface area (Å²) < 4.78 is 5.50. The van der Waals surface area contributed by atoms with Crippen molar-refractivity contribution in [1.29, 1.82) is 0 Å². The van der Waals surface area contributed by atoms with Crippen LogP contribution in [0.25, 0.3) is 0 Å². The van der Waals surface area contributed by atoms with Gasteiger partial charge in [0.15, 0.2) is 0 Å². The number of carbonyl (C=O) groups excluding carboxylic acids is 1. The van der Waals surface area contributed by atoms with Crippen LogP contribution in [0.4, 0.5) is 4.79 Å². The van der Waals surface area contributed by atoms with Crippen LogP contribution in [-0.4, -0.2) is 53.0 Å². The van der Waals surface area contributed by atoms with Gasteiger partial charge < -0.3 is 20.1 Å². The van der Waals surface area contributed by atoms with Crippen molar-refractivity contribution in [3.63, 3.8) is 0 Å². The zero-order valence-electron chi connectivity index (χ0n) is 15.2. The molecule has 0 aromatic heterocycles. The Bertz CT molecular complexity index is 394. The number of aliphatic hydroxyl groups excluding tert-OH is 1. The van der Waals surface area contributed by atoms with Crippen LogP contribution in [0.3, 0.4) is 0 Å². The van der Waals surface area contributed by atoms with Crippen LogP contribution in [0.1, 0.15) is 66.2 Å². The van der Waals surface area contributed by atoms with E-state index in [-0.39, 0.29) is 18.2 Å². The van der Waals surface area contributed by atoms with Gasteiger partial charge in [0.1, 0.15) is 5.60 Å². The Labute approximate surface area is 140 Å². The number of carbonyl (C=O) groups is 1. The molecule has 0 bridgehead atoms. The van der Waals surface area contributed by atoms with E-state index in [0.29, 0.717) is 12.0 Å². The maximum Gasteiger partial charge on any atom is 0.410 e. The molecule has 1 saturated carbocycles. The molecule has 1 amide bonds. The third-order valence-electron chi connectivity index (χ3n) is 5.02. The number of rotatable bonds is 3. The second kappa shape index (κ2) is 7.84. The van der Waals surface area contributed by atoms with E-state index in [1.165, 1.54) is 6.42 Å². The van der Waals surface area contributed by atoms with E-state index in [4.69, 9.17) is 4.74 Å². The highest BCUT2D eigenvalue weighted by atomic mass is 16.6. The molecule has 4 unspecified atom stereocenters. The quantitative estimate of drug-likeness (QED) is 0.837. The molecule has 2 fully saturated rings. The molecule has 4 atom stereocenters. The summed E-state index contributed by atoms with van der Waals surface area (Å²) in [5.41, 5.74) is -0.444. The number of amides is 1. The van der Waals surface area contributed by atoms with Gasteiger partial charge in [-0.2, -0.15) is 0 Å². The highest BCUT2D eigenvalue weighted by Gasteiger charge is 2.32. The van der Waals surface area contributed by atoms with Gasteiger partial charge in [-0.25, -0.2) is 4.79 Å². The molecule has 5 heteroatoms. The average Bonchev–Trinajstić information content (AvgIpc) is 2.48. The van der Waals surface area contributed by atoms with Crippen LogP contribution in [0, 0.1) is 5.92 Å². The fourth-order valence-electron chi connectivity index (χ4n) is 3.69. The Hall–Kier alpha value is -0.810. The van der Waals surface area contributed by atoms with Crippen molar-refractivity contribution in [3.8, 4) is 0 Å². The Kier molecular flexibility index (Phi) is 6.32. The average molecular weight is 326 g/mol. The molecule has 1 aliphatic heterocycles. The van der Waals surface area contributed by atoms with E-state index in [2.05, 4.69) is 12.2 Å². The van der Waals surface area contributed by atoms with E-state index < -0.39 is 5.60 Å². The fraction of sp³-hybridized carbons (Fsp3) is 0.944. The van der Waals surface area contributed by atoms with Crippen molar-refractivity contribution >= 4 is 6.09 Å². The van der Waals surface area contributed by atoms with Crippen molar-refractivity contribution in [3.05, 3.63) is 0 Å². The summed E-state index contributed by atoms with van der Waals surface area (Å²) in [5.74, 6) is 0.422. The smallest absolute Gasteiger partial charge is 0.410 e. The van der Waals surface area contributed by atoms with Gasteiger partial charge in [-0.3, -0.25) is 0 Å². The lowest BCUT2D eigenvalue weighted by Gasteiger charge is -2.39. The van der Waals surface area contributed by atoms with E-state index in [1.54, 1.807) is 0 Å². The number of nitrogens with zero attached hydrogens (tertiary/aromatic N) is 1. The molecule has 2 N–H and O–H groups in total. The largest absolute Gasteiger partial charge is 0.444 e. The topological polar surface area (TPSA) is 61.8 Å².